The summed E-state index contributed by atoms with van der Waals surface area (Å²) >= 11 is 0. The average molecular weight is 244 g/mol. The number of fused-ring (bicyclic) bond motifs is 1. The van der Waals surface area contributed by atoms with Gasteiger partial charge in [0.05, 0.1) is 0 Å². The predicted molar refractivity (Wildman–Crippen MR) is 80.4 cm³/mol. The molecule has 0 aliphatic heterocycles. The first-order chi connectivity index (χ1) is 8.10. The zero-order valence-electron chi connectivity index (χ0n) is 13.1. The van der Waals surface area contributed by atoms with Crippen LogP contribution in [0, 0.1) is 12.3 Å². The maximum Gasteiger partial charge on any atom is -0.0107 e. The van der Waals surface area contributed by atoms with Crippen LogP contribution in [0.2, 0.25) is 0 Å². The van der Waals surface area contributed by atoms with Gasteiger partial charge in [0, 0.05) is 0 Å². The largest absolute Gasteiger partial charge is 0.0596 e. The fourth-order valence-corrected chi connectivity index (χ4v) is 3.48. The summed E-state index contributed by atoms with van der Waals surface area (Å²) in [5.74, 6) is 0.736. The maximum atomic E-state index is 2.48. The summed E-state index contributed by atoms with van der Waals surface area (Å²) in [7, 11) is 0. The molecule has 0 aromatic heterocycles. The molecule has 0 nitrogen and oxygen atoms in total. The van der Waals surface area contributed by atoms with Crippen LogP contribution in [0.15, 0.2) is 12.1 Å². The van der Waals surface area contributed by atoms with Gasteiger partial charge in [-0.3, -0.25) is 0 Å². The quantitative estimate of drug-likeness (QED) is 0.575. The van der Waals surface area contributed by atoms with Gasteiger partial charge in [-0.25, -0.2) is 0 Å². The number of benzene rings is 1. The van der Waals surface area contributed by atoms with Gasteiger partial charge in [0.2, 0.25) is 0 Å². The van der Waals surface area contributed by atoms with Gasteiger partial charge < -0.3 is 0 Å². The lowest BCUT2D eigenvalue weighted by Crippen LogP contribution is -2.17. The first kappa shape index (κ1) is 13.6. The molecule has 2 rings (SSSR count). The van der Waals surface area contributed by atoms with Gasteiger partial charge in [0.15, 0.2) is 0 Å². The van der Waals surface area contributed by atoms with Gasteiger partial charge in [0.25, 0.3) is 0 Å². The molecule has 1 aromatic carbocycles. The van der Waals surface area contributed by atoms with Crippen LogP contribution in [0.4, 0.5) is 0 Å². The van der Waals surface area contributed by atoms with Crippen molar-refractivity contribution in [2.75, 3.05) is 0 Å². The van der Waals surface area contributed by atoms with E-state index in [9.17, 15) is 0 Å². The third kappa shape index (κ3) is 2.35. The van der Waals surface area contributed by atoms with Crippen LogP contribution in [0.1, 0.15) is 76.1 Å². The first-order valence-electron chi connectivity index (χ1n) is 7.24. The number of aryl methyl sites for hydroxylation is 2. The maximum absolute atomic E-state index is 2.48. The predicted octanol–water partition coefficient (Wildman–Crippen LogP) is 5.37. The summed E-state index contributed by atoms with van der Waals surface area (Å²) in [6.45, 7) is 16.4. The molecule has 0 bridgehead atoms. The smallest absolute Gasteiger partial charge is 0.0107 e. The highest BCUT2D eigenvalue weighted by atomic mass is 14.4. The lowest BCUT2D eigenvalue weighted by atomic mass is 9.76. The lowest BCUT2D eigenvalue weighted by Gasteiger charge is -2.29. The van der Waals surface area contributed by atoms with Crippen molar-refractivity contribution in [1.29, 1.82) is 0 Å². The third-order valence-corrected chi connectivity index (χ3v) is 4.42. The average Bonchev–Trinajstić information content (AvgIpc) is 2.56. The van der Waals surface area contributed by atoms with E-state index in [2.05, 4.69) is 60.6 Å². The minimum atomic E-state index is 0.263. The molecule has 1 aliphatic carbocycles. The van der Waals surface area contributed by atoms with Crippen molar-refractivity contribution < 1.29 is 0 Å². The van der Waals surface area contributed by atoms with Crippen molar-refractivity contribution in [2.24, 2.45) is 5.41 Å². The van der Waals surface area contributed by atoms with Crippen molar-refractivity contribution in [1.82, 2.24) is 0 Å². The van der Waals surface area contributed by atoms with Crippen LogP contribution in [0.3, 0.4) is 0 Å². The summed E-state index contributed by atoms with van der Waals surface area (Å²) in [5.41, 5.74) is 6.87. The SMILES string of the molecule is Cc1cc2c(cc1C(C)(C)C)CCC2C(C)(C)C. The van der Waals surface area contributed by atoms with Crippen LogP contribution in [-0.4, -0.2) is 0 Å². The van der Waals surface area contributed by atoms with E-state index >= 15 is 0 Å². The Morgan fingerprint density at radius 1 is 1.00 bits per heavy atom. The van der Waals surface area contributed by atoms with Crippen LogP contribution in [0.5, 0.6) is 0 Å². The molecule has 1 unspecified atom stereocenters. The summed E-state index contributed by atoms with van der Waals surface area (Å²) in [5, 5.41) is 0. The monoisotopic (exact) mass is 244 g/mol. The van der Waals surface area contributed by atoms with Gasteiger partial charge in [-0.15, -0.1) is 0 Å². The highest BCUT2D eigenvalue weighted by molar-refractivity contribution is 5.45. The summed E-state index contributed by atoms with van der Waals surface area (Å²) in [6, 6.07) is 4.95. The van der Waals surface area contributed by atoms with Crippen LogP contribution in [-0.2, 0) is 11.8 Å². The molecular formula is C18H28. The molecule has 1 atom stereocenters. The van der Waals surface area contributed by atoms with E-state index in [1.54, 1.807) is 11.1 Å². The number of rotatable bonds is 0. The van der Waals surface area contributed by atoms with Crippen LogP contribution in [0.25, 0.3) is 0 Å². The van der Waals surface area contributed by atoms with E-state index < -0.39 is 0 Å². The zero-order valence-corrected chi connectivity index (χ0v) is 13.1. The summed E-state index contributed by atoms with van der Waals surface area (Å²) in [4.78, 5) is 0. The Kier molecular flexibility index (Phi) is 3.12. The van der Waals surface area contributed by atoms with E-state index in [0.29, 0.717) is 5.41 Å². The molecule has 100 valence electrons. The molecule has 18 heavy (non-hydrogen) atoms. The van der Waals surface area contributed by atoms with E-state index in [-0.39, 0.29) is 5.41 Å². The van der Waals surface area contributed by atoms with Crippen LogP contribution >= 0.6 is 0 Å². The van der Waals surface area contributed by atoms with Crippen molar-refractivity contribution in [3.63, 3.8) is 0 Å². The van der Waals surface area contributed by atoms with Crippen molar-refractivity contribution in [2.45, 2.75) is 72.6 Å². The number of hydrogen-bond donors (Lipinski definition) is 0. The molecule has 0 fully saturated rings. The van der Waals surface area contributed by atoms with Crippen molar-refractivity contribution in [3.8, 4) is 0 Å². The summed E-state index contributed by atoms with van der Waals surface area (Å²) < 4.78 is 0. The minimum Gasteiger partial charge on any atom is -0.0596 e. The first-order valence-corrected chi connectivity index (χ1v) is 7.24. The fraction of sp³-hybridized carbons (Fsp3) is 0.667. The standard InChI is InChI=1S/C18H28/c1-12-10-14-13(11-16(12)18(5,6)7)8-9-15(14)17(2,3)4/h10-11,15H,8-9H2,1-7H3. The van der Waals surface area contributed by atoms with E-state index in [1.807, 2.05) is 0 Å². The Hall–Kier alpha value is -0.780. The molecule has 0 amide bonds. The second kappa shape index (κ2) is 4.11. The molecule has 0 radical (unpaired) electrons. The van der Waals surface area contributed by atoms with E-state index in [1.165, 1.54) is 24.0 Å². The Morgan fingerprint density at radius 3 is 2.11 bits per heavy atom. The second-order valence-corrected chi connectivity index (χ2v) is 8.07. The molecule has 1 aromatic rings. The molecule has 1 aliphatic rings. The molecule has 0 N–H and O–H groups in total. The van der Waals surface area contributed by atoms with E-state index in [0.717, 1.165) is 5.92 Å². The highest BCUT2D eigenvalue weighted by Crippen LogP contribution is 2.46. The van der Waals surface area contributed by atoms with Gasteiger partial charge in [-0.2, -0.15) is 0 Å². The van der Waals surface area contributed by atoms with Crippen molar-refractivity contribution >= 4 is 0 Å². The minimum absolute atomic E-state index is 0.263. The zero-order chi connectivity index (χ0) is 13.7. The lowest BCUT2D eigenvalue weighted by molar-refractivity contribution is 0.319. The van der Waals surface area contributed by atoms with Crippen LogP contribution < -0.4 is 0 Å². The Labute approximate surface area is 113 Å². The highest BCUT2D eigenvalue weighted by Gasteiger charge is 2.33. The Balaban J connectivity index is 2.50. The summed E-state index contributed by atoms with van der Waals surface area (Å²) in [6.07, 6.45) is 2.59. The topological polar surface area (TPSA) is 0 Å². The van der Waals surface area contributed by atoms with Gasteiger partial charge in [0.1, 0.15) is 0 Å². The Morgan fingerprint density at radius 2 is 1.61 bits per heavy atom. The van der Waals surface area contributed by atoms with Gasteiger partial charge in [-0.05, 0) is 58.8 Å². The molecule has 0 heteroatoms. The fourth-order valence-electron chi connectivity index (χ4n) is 3.48. The second-order valence-electron chi connectivity index (χ2n) is 8.07. The molecule has 0 saturated heterocycles. The molecule has 0 spiro atoms. The van der Waals surface area contributed by atoms with Crippen molar-refractivity contribution in [3.05, 3.63) is 34.4 Å². The molecule has 0 heterocycles. The van der Waals surface area contributed by atoms with Gasteiger partial charge >= 0.3 is 0 Å². The Bertz CT molecular complexity index is 452. The molecular weight excluding hydrogens is 216 g/mol. The number of hydrogen-bond acceptors (Lipinski definition) is 0. The molecule has 0 saturated carbocycles. The van der Waals surface area contributed by atoms with Gasteiger partial charge in [-0.1, -0.05) is 53.7 Å². The normalized spacial score (nSPS) is 20.1. The third-order valence-electron chi connectivity index (χ3n) is 4.42. The van der Waals surface area contributed by atoms with E-state index in [4.69, 9.17) is 0 Å².